The topological polar surface area (TPSA) is 56.5 Å². The molecule has 0 radical (unpaired) electrons. The summed E-state index contributed by atoms with van der Waals surface area (Å²) in [5.41, 5.74) is 3.49. The molecule has 0 aliphatic rings. The summed E-state index contributed by atoms with van der Waals surface area (Å²) in [5, 5.41) is 5.44. The molecule has 0 saturated heterocycles. The molecule has 0 unspecified atom stereocenters. The fourth-order valence-electron chi connectivity index (χ4n) is 3.38. The molecular formula is C26H23BrClN3O2. The second-order valence-corrected chi connectivity index (χ2v) is 9.09. The minimum atomic E-state index is -0.204. The van der Waals surface area contributed by atoms with Gasteiger partial charge in [0.15, 0.2) is 0 Å². The van der Waals surface area contributed by atoms with Crippen LogP contribution in [0.1, 0.15) is 35.9 Å². The van der Waals surface area contributed by atoms with Crippen molar-refractivity contribution in [1.82, 2.24) is 9.66 Å². The molecule has 0 aliphatic heterocycles. The Balaban J connectivity index is 1.59. The smallest absolute Gasteiger partial charge is 0.282 e. The SMILES string of the molecule is CCCc1nc2ccc(Br)cc2c(=O)n1N=Cc1ccc(OCc2ccc(C)cc2)c(Cl)c1. The van der Waals surface area contributed by atoms with Crippen LogP contribution in [-0.4, -0.2) is 15.9 Å². The van der Waals surface area contributed by atoms with Gasteiger partial charge in [0.1, 0.15) is 18.2 Å². The zero-order chi connectivity index (χ0) is 23.4. The van der Waals surface area contributed by atoms with Gasteiger partial charge in [-0.25, -0.2) is 4.98 Å². The lowest BCUT2D eigenvalue weighted by Gasteiger charge is -2.10. The lowest BCUT2D eigenvalue weighted by Crippen LogP contribution is -2.22. The van der Waals surface area contributed by atoms with Crippen LogP contribution in [-0.2, 0) is 13.0 Å². The molecule has 0 atom stereocenters. The Morgan fingerprint density at radius 2 is 1.91 bits per heavy atom. The van der Waals surface area contributed by atoms with Gasteiger partial charge < -0.3 is 4.74 Å². The average molecular weight is 525 g/mol. The van der Waals surface area contributed by atoms with Crippen molar-refractivity contribution in [2.45, 2.75) is 33.3 Å². The van der Waals surface area contributed by atoms with E-state index in [1.807, 2.05) is 50.2 Å². The molecule has 5 nitrogen and oxygen atoms in total. The van der Waals surface area contributed by atoms with Crippen LogP contribution in [0, 0.1) is 6.92 Å². The maximum atomic E-state index is 13.1. The first kappa shape index (κ1) is 23.2. The maximum absolute atomic E-state index is 13.1. The molecule has 0 bridgehead atoms. The van der Waals surface area contributed by atoms with Crippen molar-refractivity contribution in [3.63, 3.8) is 0 Å². The quantitative estimate of drug-likeness (QED) is 0.258. The number of aromatic nitrogens is 2. The summed E-state index contributed by atoms with van der Waals surface area (Å²) in [6.07, 6.45) is 3.11. The Bertz CT molecular complexity index is 1380. The third-order valence-electron chi connectivity index (χ3n) is 5.14. The molecule has 1 aromatic heterocycles. The van der Waals surface area contributed by atoms with Crippen LogP contribution in [0.3, 0.4) is 0 Å². The third kappa shape index (κ3) is 5.52. The summed E-state index contributed by atoms with van der Waals surface area (Å²) in [6, 6.07) is 19.1. The monoisotopic (exact) mass is 523 g/mol. The fraction of sp³-hybridized carbons (Fsp3) is 0.192. The van der Waals surface area contributed by atoms with E-state index in [-0.39, 0.29) is 5.56 Å². The van der Waals surface area contributed by atoms with E-state index in [1.165, 1.54) is 10.2 Å². The molecule has 7 heteroatoms. The van der Waals surface area contributed by atoms with Crippen molar-refractivity contribution in [3.05, 3.63) is 103 Å². The first-order valence-corrected chi connectivity index (χ1v) is 11.8. The van der Waals surface area contributed by atoms with Crippen LogP contribution in [0.2, 0.25) is 5.02 Å². The molecule has 0 fully saturated rings. The van der Waals surface area contributed by atoms with E-state index >= 15 is 0 Å². The fourth-order valence-corrected chi connectivity index (χ4v) is 3.99. The number of benzene rings is 3. The minimum absolute atomic E-state index is 0.204. The van der Waals surface area contributed by atoms with Crippen LogP contribution in [0.25, 0.3) is 10.9 Å². The highest BCUT2D eigenvalue weighted by molar-refractivity contribution is 9.10. The Hall–Kier alpha value is -2.96. The van der Waals surface area contributed by atoms with Gasteiger partial charge >= 0.3 is 0 Å². The van der Waals surface area contributed by atoms with Gasteiger partial charge in [-0.1, -0.05) is 64.3 Å². The standard InChI is InChI=1S/C26H23BrClN3O2/c1-3-4-25-30-23-11-10-20(27)14-21(23)26(32)31(25)29-15-19-9-12-24(22(28)13-19)33-16-18-7-5-17(2)6-8-18/h5-15H,3-4,16H2,1-2H3. The Morgan fingerprint density at radius 3 is 2.64 bits per heavy atom. The molecule has 0 saturated carbocycles. The molecule has 0 N–H and O–H groups in total. The third-order valence-corrected chi connectivity index (χ3v) is 5.93. The predicted molar refractivity (Wildman–Crippen MR) is 138 cm³/mol. The lowest BCUT2D eigenvalue weighted by atomic mass is 10.2. The van der Waals surface area contributed by atoms with Crippen LogP contribution in [0.5, 0.6) is 5.75 Å². The number of rotatable bonds is 7. The summed E-state index contributed by atoms with van der Waals surface area (Å²) >= 11 is 9.86. The first-order valence-electron chi connectivity index (χ1n) is 10.7. The second kappa shape index (κ2) is 10.3. The zero-order valence-corrected chi connectivity index (χ0v) is 20.7. The van der Waals surface area contributed by atoms with Gasteiger partial charge in [0.25, 0.3) is 5.56 Å². The lowest BCUT2D eigenvalue weighted by molar-refractivity contribution is 0.306. The molecule has 3 aromatic carbocycles. The van der Waals surface area contributed by atoms with Crippen LogP contribution < -0.4 is 10.3 Å². The molecule has 33 heavy (non-hydrogen) atoms. The van der Waals surface area contributed by atoms with E-state index in [4.69, 9.17) is 16.3 Å². The van der Waals surface area contributed by atoms with Gasteiger partial charge in [-0.2, -0.15) is 9.78 Å². The van der Waals surface area contributed by atoms with Gasteiger partial charge in [-0.05, 0) is 60.9 Å². The highest BCUT2D eigenvalue weighted by Gasteiger charge is 2.11. The van der Waals surface area contributed by atoms with Gasteiger partial charge in [-0.15, -0.1) is 0 Å². The number of ether oxygens (including phenoxy) is 1. The van der Waals surface area contributed by atoms with Crippen LogP contribution >= 0.6 is 27.5 Å². The number of hydrogen-bond donors (Lipinski definition) is 0. The summed E-state index contributed by atoms with van der Waals surface area (Å²) in [4.78, 5) is 17.8. The normalized spacial score (nSPS) is 11.4. The van der Waals surface area contributed by atoms with Gasteiger partial charge in [-0.3, -0.25) is 4.79 Å². The first-order chi connectivity index (χ1) is 15.9. The highest BCUT2D eigenvalue weighted by Crippen LogP contribution is 2.26. The molecule has 0 amide bonds. The van der Waals surface area contributed by atoms with E-state index < -0.39 is 0 Å². The number of hydrogen-bond acceptors (Lipinski definition) is 4. The van der Waals surface area contributed by atoms with E-state index in [1.54, 1.807) is 18.3 Å². The van der Waals surface area contributed by atoms with E-state index in [2.05, 4.69) is 38.1 Å². The Labute approximate surface area is 205 Å². The van der Waals surface area contributed by atoms with Crippen molar-refractivity contribution in [1.29, 1.82) is 0 Å². The maximum Gasteiger partial charge on any atom is 0.282 e. The number of halogens is 2. The van der Waals surface area contributed by atoms with E-state index in [0.717, 1.165) is 22.0 Å². The van der Waals surface area contributed by atoms with Crippen molar-refractivity contribution in [2.75, 3.05) is 0 Å². The van der Waals surface area contributed by atoms with E-state index in [0.29, 0.717) is 40.5 Å². The number of aryl methyl sites for hydroxylation is 2. The van der Waals surface area contributed by atoms with Crippen molar-refractivity contribution >= 4 is 44.6 Å². The summed E-state index contributed by atoms with van der Waals surface area (Å²) in [6.45, 7) is 4.52. The van der Waals surface area contributed by atoms with Crippen LogP contribution in [0.4, 0.5) is 0 Å². The van der Waals surface area contributed by atoms with Gasteiger partial charge in [0.2, 0.25) is 0 Å². The average Bonchev–Trinajstić information content (AvgIpc) is 2.80. The van der Waals surface area contributed by atoms with Crippen molar-refractivity contribution in [3.8, 4) is 5.75 Å². The predicted octanol–water partition coefficient (Wildman–Crippen LogP) is 6.53. The molecule has 0 spiro atoms. The van der Waals surface area contributed by atoms with E-state index in [9.17, 15) is 4.79 Å². The molecule has 4 aromatic rings. The summed E-state index contributed by atoms with van der Waals surface area (Å²) in [7, 11) is 0. The zero-order valence-electron chi connectivity index (χ0n) is 18.4. The van der Waals surface area contributed by atoms with Gasteiger partial charge in [0, 0.05) is 10.9 Å². The summed E-state index contributed by atoms with van der Waals surface area (Å²) in [5.74, 6) is 1.22. The Kier molecular flexibility index (Phi) is 7.26. The highest BCUT2D eigenvalue weighted by atomic mass is 79.9. The molecule has 0 aliphatic carbocycles. The molecule has 168 valence electrons. The minimum Gasteiger partial charge on any atom is -0.487 e. The van der Waals surface area contributed by atoms with Crippen LogP contribution in [0.15, 0.2) is 75.0 Å². The molecular weight excluding hydrogens is 502 g/mol. The summed E-state index contributed by atoms with van der Waals surface area (Å²) < 4.78 is 8.05. The largest absolute Gasteiger partial charge is 0.487 e. The number of fused-ring (bicyclic) bond motifs is 1. The van der Waals surface area contributed by atoms with Crippen molar-refractivity contribution < 1.29 is 4.74 Å². The second-order valence-electron chi connectivity index (χ2n) is 7.77. The number of nitrogens with zero attached hydrogens (tertiary/aromatic N) is 3. The Morgan fingerprint density at radius 1 is 1.12 bits per heavy atom. The molecule has 1 heterocycles. The van der Waals surface area contributed by atoms with Gasteiger partial charge in [0.05, 0.1) is 22.1 Å². The molecule has 4 rings (SSSR count). The van der Waals surface area contributed by atoms with Crippen molar-refractivity contribution in [2.24, 2.45) is 5.10 Å².